The molecule has 2 aromatic rings. The fraction of sp³-hybridized carbons (Fsp3) is 0.125. The summed E-state index contributed by atoms with van der Waals surface area (Å²) in [6.07, 6.45) is -5.59. The topological polar surface area (TPSA) is 116 Å². The summed E-state index contributed by atoms with van der Waals surface area (Å²) in [7, 11) is 0. The number of ether oxygens (including phenoxy) is 2. The highest BCUT2D eigenvalue weighted by molar-refractivity contribution is 6.34. The Morgan fingerprint density at radius 1 is 1.07 bits per heavy atom. The van der Waals surface area contributed by atoms with Gasteiger partial charge in [0.2, 0.25) is 0 Å². The molecule has 0 saturated carbocycles. The Kier molecular flexibility index (Phi) is 5.78. The first-order chi connectivity index (χ1) is 13.0. The van der Waals surface area contributed by atoms with Crippen LogP contribution >= 0.6 is 11.6 Å². The van der Waals surface area contributed by atoms with Crippen molar-refractivity contribution in [1.29, 1.82) is 0 Å². The molecule has 8 nitrogen and oxygen atoms in total. The molecule has 0 aromatic heterocycles. The maximum atomic E-state index is 12.9. The molecule has 0 aliphatic rings. The number of carboxylic acids is 1. The Morgan fingerprint density at radius 3 is 2.14 bits per heavy atom. The lowest BCUT2D eigenvalue weighted by Crippen LogP contribution is -2.50. The van der Waals surface area contributed by atoms with Crippen molar-refractivity contribution < 1.29 is 42.3 Å². The fourth-order valence-corrected chi connectivity index (χ4v) is 1.96. The molecule has 148 valence electrons. The predicted octanol–water partition coefficient (Wildman–Crippen LogP) is 4.13. The zero-order chi connectivity index (χ0) is 21.1. The van der Waals surface area contributed by atoms with Gasteiger partial charge < -0.3 is 14.6 Å². The number of aliphatic carboxylic acids is 1. The number of nitro benzene ring substituents is 1. The Morgan fingerprint density at radius 2 is 1.64 bits per heavy atom. The molecule has 0 amide bonds. The van der Waals surface area contributed by atoms with Crippen LogP contribution in [0.3, 0.4) is 0 Å². The van der Waals surface area contributed by atoms with E-state index >= 15 is 0 Å². The van der Waals surface area contributed by atoms with E-state index in [0.717, 1.165) is 18.2 Å². The van der Waals surface area contributed by atoms with Gasteiger partial charge in [0.05, 0.1) is 4.92 Å². The third-order valence-electron chi connectivity index (χ3n) is 3.26. The van der Waals surface area contributed by atoms with Crippen LogP contribution in [0.25, 0.3) is 0 Å². The van der Waals surface area contributed by atoms with Crippen LogP contribution in [0.2, 0.25) is 0 Å². The Balaban J connectivity index is 2.31. The van der Waals surface area contributed by atoms with E-state index in [2.05, 4.69) is 4.74 Å². The molecule has 12 heteroatoms. The SMILES string of the molecule is O=C(OC(Cl)(C(=O)O)C(F)(F)F)c1ccccc1Oc1ccc([N+](=O)[O-])cc1. The van der Waals surface area contributed by atoms with Crippen molar-refractivity contribution >= 4 is 29.2 Å². The van der Waals surface area contributed by atoms with Crippen LogP contribution in [0.4, 0.5) is 18.9 Å². The molecule has 0 fully saturated rings. The molecule has 0 spiro atoms. The minimum absolute atomic E-state index is 0.0250. The van der Waals surface area contributed by atoms with Gasteiger partial charge in [-0.3, -0.25) is 10.1 Å². The van der Waals surface area contributed by atoms with Gasteiger partial charge in [0.25, 0.3) is 5.69 Å². The van der Waals surface area contributed by atoms with Gasteiger partial charge in [0.1, 0.15) is 17.1 Å². The third-order valence-corrected chi connectivity index (χ3v) is 3.71. The lowest BCUT2D eigenvalue weighted by molar-refractivity contribution is -0.384. The maximum Gasteiger partial charge on any atom is 0.455 e. The van der Waals surface area contributed by atoms with E-state index in [1.165, 1.54) is 30.3 Å². The van der Waals surface area contributed by atoms with Crippen LogP contribution < -0.4 is 4.74 Å². The zero-order valence-electron chi connectivity index (χ0n) is 13.5. The van der Waals surface area contributed by atoms with Gasteiger partial charge in [-0.2, -0.15) is 13.2 Å². The normalized spacial score (nSPS) is 13.3. The number of nitrogens with zero attached hydrogens (tertiary/aromatic N) is 1. The summed E-state index contributed by atoms with van der Waals surface area (Å²) in [5, 5.41) is 15.1. The minimum Gasteiger partial charge on any atom is -0.477 e. The van der Waals surface area contributed by atoms with Gasteiger partial charge >= 0.3 is 23.2 Å². The minimum atomic E-state index is -5.59. The molecule has 1 unspecified atom stereocenters. The highest BCUT2D eigenvalue weighted by Gasteiger charge is 2.64. The standard InChI is InChI=1S/C16H9ClF3NO7/c17-15(14(23)24,16(18,19)20)28-13(22)11-3-1-2-4-12(11)27-10-7-5-9(6-8-10)21(25)26/h1-8H,(H,23,24). The summed E-state index contributed by atoms with van der Waals surface area (Å²) in [6.45, 7) is 0. The van der Waals surface area contributed by atoms with E-state index < -0.39 is 33.7 Å². The number of para-hydroxylation sites is 1. The van der Waals surface area contributed by atoms with Crippen LogP contribution in [0.1, 0.15) is 10.4 Å². The quantitative estimate of drug-likeness (QED) is 0.324. The zero-order valence-corrected chi connectivity index (χ0v) is 14.2. The number of hydrogen-bond acceptors (Lipinski definition) is 6. The van der Waals surface area contributed by atoms with E-state index in [4.69, 9.17) is 21.4 Å². The van der Waals surface area contributed by atoms with Crippen molar-refractivity contribution in [2.45, 2.75) is 11.2 Å². The van der Waals surface area contributed by atoms with Crippen molar-refractivity contribution in [3.05, 3.63) is 64.2 Å². The van der Waals surface area contributed by atoms with Crippen LogP contribution in [-0.2, 0) is 9.53 Å². The molecule has 0 radical (unpaired) electrons. The lowest BCUT2D eigenvalue weighted by Gasteiger charge is -2.25. The second-order valence-corrected chi connectivity index (χ2v) is 5.67. The van der Waals surface area contributed by atoms with Crippen LogP contribution in [0, 0.1) is 10.1 Å². The van der Waals surface area contributed by atoms with Gasteiger partial charge in [-0.15, -0.1) is 0 Å². The highest BCUT2D eigenvalue weighted by atomic mass is 35.5. The molecule has 2 rings (SSSR count). The first-order valence-corrected chi connectivity index (χ1v) is 7.57. The largest absolute Gasteiger partial charge is 0.477 e. The number of rotatable bonds is 6. The van der Waals surface area contributed by atoms with Crippen molar-refractivity contribution in [3.63, 3.8) is 0 Å². The second kappa shape index (κ2) is 7.72. The number of carbonyl (C=O) groups excluding carboxylic acids is 1. The highest BCUT2D eigenvalue weighted by Crippen LogP contribution is 2.39. The number of halogens is 4. The second-order valence-electron chi connectivity index (χ2n) is 5.14. The summed E-state index contributed by atoms with van der Waals surface area (Å²) in [5.41, 5.74) is -0.782. The Bertz CT molecular complexity index is 917. The van der Waals surface area contributed by atoms with Gasteiger partial charge in [-0.25, -0.2) is 9.59 Å². The molecule has 0 bridgehead atoms. The monoisotopic (exact) mass is 419 g/mol. The molecule has 1 atom stereocenters. The van der Waals surface area contributed by atoms with Crippen molar-refractivity contribution in [3.8, 4) is 11.5 Å². The summed E-state index contributed by atoms with van der Waals surface area (Å²) in [5.74, 6) is -4.58. The number of esters is 1. The Labute approximate surface area is 159 Å². The first kappa shape index (κ1) is 21.0. The first-order valence-electron chi connectivity index (χ1n) is 7.19. The average molecular weight is 420 g/mol. The molecule has 0 aliphatic heterocycles. The van der Waals surface area contributed by atoms with Crippen molar-refractivity contribution in [2.24, 2.45) is 0 Å². The molecule has 0 aliphatic carbocycles. The number of carbonyl (C=O) groups is 2. The molecule has 1 N–H and O–H groups in total. The van der Waals surface area contributed by atoms with E-state index in [9.17, 15) is 32.9 Å². The molecule has 0 saturated heterocycles. The number of nitro groups is 1. The number of non-ortho nitro benzene ring substituents is 1. The third kappa shape index (κ3) is 4.31. The fourth-order valence-electron chi connectivity index (χ4n) is 1.89. The van der Waals surface area contributed by atoms with Gasteiger partial charge in [0.15, 0.2) is 0 Å². The summed E-state index contributed by atoms with van der Waals surface area (Å²) >= 11 is 4.98. The van der Waals surface area contributed by atoms with Gasteiger partial charge in [0, 0.05) is 12.1 Å². The van der Waals surface area contributed by atoms with Gasteiger partial charge in [-0.05, 0) is 24.3 Å². The number of benzene rings is 2. The number of carboxylic acid groups (broad SMARTS) is 1. The van der Waals surface area contributed by atoms with E-state index in [-0.39, 0.29) is 17.2 Å². The molecule has 28 heavy (non-hydrogen) atoms. The number of hydrogen-bond donors (Lipinski definition) is 1. The lowest BCUT2D eigenvalue weighted by atomic mass is 10.2. The molecular formula is C16H9ClF3NO7. The number of alkyl halides is 4. The smallest absolute Gasteiger partial charge is 0.455 e. The van der Waals surface area contributed by atoms with Crippen LogP contribution in [-0.4, -0.2) is 33.2 Å². The van der Waals surface area contributed by atoms with E-state index in [1.54, 1.807) is 0 Å². The van der Waals surface area contributed by atoms with Gasteiger partial charge in [-0.1, -0.05) is 23.7 Å². The predicted molar refractivity (Wildman–Crippen MR) is 87.3 cm³/mol. The Hall–Kier alpha value is -3.34. The summed E-state index contributed by atoms with van der Waals surface area (Å²) in [6, 6.07) is 9.47. The van der Waals surface area contributed by atoms with Crippen LogP contribution in [0.15, 0.2) is 48.5 Å². The maximum absolute atomic E-state index is 12.9. The van der Waals surface area contributed by atoms with Crippen LogP contribution in [0.5, 0.6) is 11.5 Å². The molecule has 0 heterocycles. The molecule has 2 aromatic carbocycles. The molecular weight excluding hydrogens is 411 g/mol. The summed E-state index contributed by atoms with van der Waals surface area (Å²) in [4.78, 5) is 33.0. The van der Waals surface area contributed by atoms with E-state index in [1.807, 2.05) is 0 Å². The average Bonchev–Trinajstić information content (AvgIpc) is 2.61. The van der Waals surface area contributed by atoms with Crippen molar-refractivity contribution in [1.82, 2.24) is 0 Å². The van der Waals surface area contributed by atoms with E-state index in [0.29, 0.717) is 0 Å². The summed E-state index contributed by atoms with van der Waals surface area (Å²) < 4.78 is 48.1. The van der Waals surface area contributed by atoms with Crippen molar-refractivity contribution in [2.75, 3.05) is 0 Å².